The number of carbonyl (C=O) groups is 1. The van der Waals surface area contributed by atoms with Gasteiger partial charge in [0, 0.05) is 6.54 Å². The van der Waals surface area contributed by atoms with Gasteiger partial charge in [-0.2, -0.15) is 10.5 Å². The molecule has 0 aromatic heterocycles. The molecule has 0 saturated carbocycles. The molecule has 1 rings (SSSR count). The van der Waals surface area contributed by atoms with Crippen LogP contribution < -0.4 is 0 Å². The van der Waals surface area contributed by atoms with Crippen LogP contribution in [-0.4, -0.2) is 23.1 Å². The molecule has 0 N–H and O–H groups in total. The minimum absolute atomic E-state index is 0.00417. The summed E-state index contributed by atoms with van der Waals surface area (Å²) in [5.41, 5.74) is 0.0522. The summed E-state index contributed by atoms with van der Waals surface area (Å²) in [5, 5.41) is 18.2. The molecule has 5 heteroatoms. The van der Waals surface area contributed by atoms with Crippen molar-refractivity contribution in [1.82, 2.24) is 4.90 Å². The van der Waals surface area contributed by atoms with Gasteiger partial charge in [-0.25, -0.2) is 0 Å². The van der Waals surface area contributed by atoms with E-state index in [1.165, 1.54) is 11.8 Å². The zero-order valence-corrected chi connectivity index (χ0v) is 10.7. The smallest absolute Gasteiger partial charge is 0.237 e. The van der Waals surface area contributed by atoms with Crippen molar-refractivity contribution >= 4 is 17.7 Å². The van der Waals surface area contributed by atoms with E-state index in [0.29, 0.717) is 17.3 Å². The van der Waals surface area contributed by atoms with E-state index in [0.717, 1.165) is 25.7 Å². The Morgan fingerprint density at radius 3 is 2.65 bits per heavy atom. The van der Waals surface area contributed by atoms with Gasteiger partial charge in [0.25, 0.3) is 0 Å². The number of rotatable bonds is 5. The van der Waals surface area contributed by atoms with Crippen LogP contribution in [0, 0.1) is 22.7 Å². The molecule has 0 aromatic rings. The lowest BCUT2D eigenvalue weighted by Crippen LogP contribution is -2.26. The molecule has 0 spiro atoms. The predicted octanol–water partition coefficient (Wildman–Crippen LogP) is 2.40. The largest absolute Gasteiger partial charge is 0.304 e. The Labute approximate surface area is 106 Å². The Kier molecular flexibility index (Phi) is 5.59. The van der Waals surface area contributed by atoms with Crippen LogP contribution in [0.5, 0.6) is 0 Å². The molecule has 1 aliphatic heterocycles. The number of unbranched alkanes of at least 4 members (excludes halogenated alkanes) is 3. The Balaban J connectivity index is 2.67. The van der Waals surface area contributed by atoms with E-state index in [2.05, 4.69) is 6.92 Å². The van der Waals surface area contributed by atoms with E-state index in [4.69, 9.17) is 10.5 Å². The van der Waals surface area contributed by atoms with Crippen molar-refractivity contribution in [2.45, 2.75) is 32.6 Å². The van der Waals surface area contributed by atoms with Crippen molar-refractivity contribution in [3.05, 3.63) is 10.6 Å². The van der Waals surface area contributed by atoms with Crippen LogP contribution in [-0.2, 0) is 4.79 Å². The number of nitriles is 2. The second kappa shape index (κ2) is 6.98. The Morgan fingerprint density at radius 2 is 2.06 bits per heavy atom. The number of hydrogen-bond acceptors (Lipinski definition) is 4. The van der Waals surface area contributed by atoms with Gasteiger partial charge in [-0.15, -0.1) is 0 Å². The van der Waals surface area contributed by atoms with Crippen molar-refractivity contribution in [2.24, 2.45) is 0 Å². The molecule has 1 saturated heterocycles. The Hall–Kier alpha value is -1.46. The number of thioether (sulfide) groups is 1. The maximum Gasteiger partial charge on any atom is 0.237 e. The summed E-state index contributed by atoms with van der Waals surface area (Å²) in [5.74, 6) is 0.347. The lowest BCUT2D eigenvalue weighted by Gasteiger charge is -2.16. The average Bonchev–Trinajstić information content (AvgIpc) is 2.69. The van der Waals surface area contributed by atoms with Crippen molar-refractivity contribution in [3.63, 3.8) is 0 Å². The van der Waals surface area contributed by atoms with Crippen LogP contribution in [0.15, 0.2) is 10.6 Å². The summed E-state index contributed by atoms with van der Waals surface area (Å²) in [6.45, 7) is 2.75. The van der Waals surface area contributed by atoms with Crippen LogP contribution >= 0.6 is 11.8 Å². The highest BCUT2D eigenvalue weighted by molar-refractivity contribution is 8.04. The molecular weight excluding hydrogens is 234 g/mol. The molecule has 1 amide bonds. The lowest BCUT2D eigenvalue weighted by atomic mass is 10.2. The topological polar surface area (TPSA) is 67.9 Å². The molecule has 17 heavy (non-hydrogen) atoms. The van der Waals surface area contributed by atoms with Gasteiger partial charge in [-0.05, 0) is 6.42 Å². The van der Waals surface area contributed by atoms with Gasteiger partial charge in [-0.3, -0.25) is 4.79 Å². The van der Waals surface area contributed by atoms with Crippen molar-refractivity contribution in [1.29, 1.82) is 10.5 Å². The number of nitrogens with zero attached hydrogens (tertiary/aromatic N) is 3. The fourth-order valence-electron chi connectivity index (χ4n) is 1.65. The Morgan fingerprint density at radius 1 is 1.35 bits per heavy atom. The zero-order valence-electron chi connectivity index (χ0n) is 9.90. The van der Waals surface area contributed by atoms with E-state index in [1.807, 2.05) is 12.1 Å². The van der Waals surface area contributed by atoms with E-state index < -0.39 is 0 Å². The van der Waals surface area contributed by atoms with Crippen LogP contribution in [0.3, 0.4) is 0 Å². The molecule has 1 fully saturated rings. The van der Waals surface area contributed by atoms with Crippen LogP contribution in [0.1, 0.15) is 32.6 Å². The zero-order chi connectivity index (χ0) is 12.7. The molecule has 4 nitrogen and oxygen atoms in total. The molecule has 90 valence electrons. The van der Waals surface area contributed by atoms with Crippen LogP contribution in [0.4, 0.5) is 0 Å². The minimum atomic E-state index is 0.00417. The SMILES string of the molecule is CCCCCCN1C(=O)CSC1=C(C#N)C#N. The van der Waals surface area contributed by atoms with Gasteiger partial charge in [-0.1, -0.05) is 37.9 Å². The normalized spacial score (nSPS) is 14.6. The number of allylic oxidation sites excluding steroid dienone is 1. The Bertz CT molecular complexity index is 387. The standard InChI is InChI=1S/C12H15N3OS/c1-2-3-4-5-6-15-11(16)9-17-12(15)10(7-13)8-14/h2-6,9H2,1H3. The third-order valence-electron chi connectivity index (χ3n) is 2.55. The third kappa shape index (κ3) is 3.51. The molecule has 0 atom stereocenters. The van der Waals surface area contributed by atoms with Gasteiger partial charge in [0.15, 0.2) is 5.57 Å². The van der Waals surface area contributed by atoms with E-state index >= 15 is 0 Å². The summed E-state index contributed by atoms with van der Waals surface area (Å²) in [4.78, 5) is 13.2. The van der Waals surface area contributed by atoms with E-state index in [9.17, 15) is 4.79 Å². The second-order valence-corrected chi connectivity index (χ2v) is 4.76. The molecule has 1 heterocycles. The monoisotopic (exact) mass is 249 g/mol. The summed E-state index contributed by atoms with van der Waals surface area (Å²) in [6, 6.07) is 3.70. The summed E-state index contributed by atoms with van der Waals surface area (Å²) in [7, 11) is 0. The average molecular weight is 249 g/mol. The van der Waals surface area contributed by atoms with Gasteiger partial charge >= 0.3 is 0 Å². The maximum atomic E-state index is 11.6. The van der Waals surface area contributed by atoms with Crippen molar-refractivity contribution in [2.75, 3.05) is 12.3 Å². The maximum absolute atomic E-state index is 11.6. The highest BCUT2D eigenvalue weighted by Gasteiger charge is 2.28. The van der Waals surface area contributed by atoms with Gasteiger partial charge in [0.05, 0.1) is 5.75 Å². The van der Waals surface area contributed by atoms with Gasteiger partial charge in [0.2, 0.25) is 5.91 Å². The summed E-state index contributed by atoms with van der Waals surface area (Å²) in [6.07, 6.45) is 4.30. The fraction of sp³-hybridized carbons (Fsp3) is 0.583. The molecule has 0 radical (unpaired) electrons. The predicted molar refractivity (Wildman–Crippen MR) is 66.6 cm³/mol. The second-order valence-electron chi connectivity index (χ2n) is 3.80. The number of hydrogen-bond donors (Lipinski definition) is 0. The molecular formula is C12H15N3OS. The van der Waals surface area contributed by atoms with E-state index in [-0.39, 0.29) is 11.5 Å². The summed E-state index contributed by atoms with van der Waals surface area (Å²) < 4.78 is 0. The van der Waals surface area contributed by atoms with Gasteiger partial charge in [0.1, 0.15) is 17.2 Å². The highest BCUT2D eigenvalue weighted by atomic mass is 32.2. The molecule has 1 aliphatic rings. The molecule has 0 unspecified atom stereocenters. The van der Waals surface area contributed by atoms with Crippen LogP contribution in [0.2, 0.25) is 0 Å². The third-order valence-corrected chi connectivity index (χ3v) is 3.64. The molecule has 0 aromatic carbocycles. The van der Waals surface area contributed by atoms with Gasteiger partial charge < -0.3 is 4.90 Å². The van der Waals surface area contributed by atoms with Crippen molar-refractivity contribution < 1.29 is 4.79 Å². The molecule has 0 aliphatic carbocycles. The lowest BCUT2D eigenvalue weighted by molar-refractivity contribution is -0.125. The first kappa shape index (κ1) is 13.6. The number of amides is 1. The van der Waals surface area contributed by atoms with Crippen LogP contribution in [0.25, 0.3) is 0 Å². The minimum Gasteiger partial charge on any atom is -0.304 e. The first-order valence-electron chi connectivity index (χ1n) is 5.72. The quantitative estimate of drug-likeness (QED) is 0.554. The highest BCUT2D eigenvalue weighted by Crippen LogP contribution is 2.31. The first-order chi connectivity index (χ1) is 8.24. The summed E-state index contributed by atoms with van der Waals surface area (Å²) >= 11 is 1.29. The fourth-order valence-corrected chi connectivity index (χ4v) is 2.65. The molecule has 0 bridgehead atoms. The first-order valence-corrected chi connectivity index (χ1v) is 6.70. The van der Waals surface area contributed by atoms with Crippen molar-refractivity contribution in [3.8, 4) is 12.1 Å². The van der Waals surface area contributed by atoms with E-state index in [1.54, 1.807) is 4.90 Å². The number of carbonyl (C=O) groups excluding carboxylic acids is 1.